The molecule has 1 unspecified atom stereocenters. The zero-order valence-electron chi connectivity index (χ0n) is 13.0. The van der Waals surface area contributed by atoms with Crippen molar-refractivity contribution in [3.63, 3.8) is 0 Å². The zero-order chi connectivity index (χ0) is 17.3. The molecule has 0 spiro atoms. The van der Waals surface area contributed by atoms with Gasteiger partial charge in [-0.25, -0.2) is 4.39 Å². The van der Waals surface area contributed by atoms with Gasteiger partial charge in [0, 0.05) is 19.2 Å². The van der Waals surface area contributed by atoms with Crippen LogP contribution in [0.3, 0.4) is 0 Å². The van der Waals surface area contributed by atoms with Crippen LogP contribution in [0.1, 0.15) is 16.9 Å². The van der Waals surface area contributed by atoms with Gasteiger partial charge in [0.05, 0.1) is 11.6 Å². The van der Waals surface area contributed by atoms with Gasteiger partial charge >= 0.3 is 5.97 Å². The van der Waals surface area contributed by atoms with E-state index >= 15 is 0 Å². The molecular formula is C16H15ClFN3O4. The molecule has 2 aromatic rings. The van der Waals surface area contributed by atoms with Crippen molar-refractivity contribution < 1.29 is 19.1 Å². The number of aromatic nitrogens is 2. The summed E-state index contributed by atoms with van der Waals surface area (Å²) in [5, 5.41) is 13.0. The van der Waals surface area contributed by atoms with Crippen LogP contribution in [0.2, 0.25) is 0 Å². The van der Waals surface area contributed by atoms with E-state index in [-0.39, 0.29) is 24.6 Å². The highest BCUT2D eigenvalue weighted by molar-refractivity contribution is 5.92. The normalized spacial score (nSPS) is 16.4. The maximum atomic E-state index is 13.0. The summed E-state index contributed by atoms with van der Waals surface area (Å²) in [6.07, 6.45) is 0.388. The van der Waals surface area contributed by atoms with Crippen molar-refractivity contribution in [3.05, 3.63) is 58.3 Å². The number of halogens is 2. The first-order valence-electron chi connectivity index (χ1n) is 7.34. The van der Waals surface area contributed by atoms with E-state index in [1.165, 1.54) is 41.3 Å². The topological polar surface area (TPSA) is 92.5 Å². The molecule has 0 aliphatic carbocycles. The molecule has 1 N–H and O–H groups in total. The van der Waals surface area contributed by atoms with Crippen molar-refractivity contribution in [2.45, 2.75) is 6.42 Å². The maximum Gasteiger partial charge on any atom is 0.308 e. The highest BCUT2D eigenvalue weighted by Crippen LogP contribution is 2.18. The lowest BCUT2D eigenvalue weighted by molar-refractivity contribution is -0.141. The second-order valence-electron chi connectivity index (χ2n) is 5.52. The Morgan fingerprint density at radius 1 is 1.16 bits per heavy atom. The number of benzene rings is 1. The Bertz CT molecular complexity index is 853. The van der Waals surface area contributed by atoms with E-state index in [9.17, 15) is 18.8 Å². The van der Waals surface area contributed by atoms with Crippen molar-refractivity contribution in [3.8, 4) is 5.69 Å². The fraction of sp³-hybridized carbons (Fsp3) is 0.250. The van der Waals surface area contributed by atoms with Crippen LogP contribution in [0.5, 0.6) is 0 Å². The van der Waals surface area contributed by atoms with E-state index in [0.29, 0.717) is 18.7 Å². The quantitative estimate of drug-likeness (QED) is 0.883. The number of carbonyl (C=O) groups excluding carboxylic acids is 1. The largest absolute Gasteiger partial charge is 0.481 e. The number of hydrogen-bond donors (Lipinski definition) is 1. The maximum absolute atomic E-state index is 13.0. The highest BCUT2D eigenvalue weighted by Gasteiger charge is 2.32. The molecule has 132 valence electrons. The fourth-order valence-electron chi connectivity index (χ4n) is 2.60. The monoisotopic (exact) mass is 367 g/mol. The summed E-state index contributed by atoms with van der Waals surface area (Å²) in [7, 11) is 0. The summed E-state index contributed by atoms with van der Waals surface area (Å²) >= 11 is 0. The third-order valence-electron chi connectivity index (χ3n) is 3.92. The second kappa shape index (κ2) is 7.43. The Morgan fingerprint density at radius 3 is 2.44 bits per heavy atom. The van der Waals surface area contributed by atoms with Crippen LogP contribution in [0, 0.1) is 11.7 Å². The number of carbonyl (C=O) groups is 2. The lowest BCUT2D eigenvalue weighted by Crippen LogP contribution is -2.32. The van der Waals surface area contributed by atoms with Crippen LogP contribution in [-0.2, 0) is 4.79 Å². The van der Waals surface area contributed by atoms with Crippen molar-refractivity contribution >= 4 is 24.3 Å². The molecule has 1 fully saturated rings. The molecular weight excluding hydrogens is 353 g/mol. The summed E-state index contributed by atoms with van der Waals surface area (Å²) < 4.78 is 14.0. The van der Waals surface area contributed by atoms with Gasteiger partial charge in [0.2, 0.25) is 0 Å². The number of aliphatic carboxylic acids is 1. The highest BCUT2D eigenvalue weighted by atomic mass is 35.5. The van der Waals surface area contributed by atoms with Crippen LogP contribution in [0.4, 0.5) is 4.39 Å². The molecule has 1 aromatic heterocycles. The molecule has 7 nitrogen and oxygen atoms in total. The summed E-state index contributed by atoms with van der Waals surface area (Å²) in [6.45, 7) is 0.443. The molecule has 25 heavy (non-hydrogen) atoms. The number of amides is 1. The van der Waals surface area contributed by atoms with Gasteiger partial charge in [-0.15, -0.1) is 12.4 Å². The van der Waals surface area contributed by atoms with Crippen LogP contribution in [0.25, 0.3) is 5.69 Å². The van der Waals surface area contributed by atoms with Crippen molar-refractivity contribution in [1.82, 2.24) is 14.7 Å². The average Bonchev–Trinajstić information content (AvgIpc) is 3.06. The number of carboxylic acids is 1. The van der Waals surface area contributed by atoms with Crippen LogP contribution >= 0.6 is 12.4 Å². The number of hydrogen-bond acceptors (Lipinski definition) is 4. The summed E-state index contributed by atoms with van der Waals surface area (Å²) in [4.78, 5) is 36.8. The van der Waals surface area contributed by atoms with Gasteiger partial charge in [0.25, 0.3) is 11.5 Å². The predicted octanol–water partition coefficient (Wildman–Crippen LogP) is 1.34. The molecule has 1 amide bonds. The van der Waals surface area contributed by atoms with E-state index in [4.69, 9.17) is 5.11 Å². The minimum Gasteiger partial charge on any atom is -0.481 e. The van der Waals surface area contributed by atoms with Gasteiger partial charge in [-0.05, 0) is 36.8 Å². The molecule has 0 radical (unpaired) electrons. The minimum atomic E-state index is -0.936. The van der Waals surface area contributed by atoms with Gasteiger partial charge in [0.1, 0.15) is 11.5 Å². The lowest BCUT2D eigenvalue weighted by Gasteiger charge is -2.15. The molecule has 1 aliphatic heterocycles. The zero-order valence-corrected chi connectivity index (χ0v) is 13.8. The molecule has 3 rings (SSSR count). The third-order valence-corrected chi connectivity index (χ3v) is 3.92. The van der Waals surface area contributed by atoms with Crippen LogP contribution < -0.4 is 5.56 Å². The molecule has 1 aliphatic rings. The Labute approximate surface area is 148 Å². The van der Waals surface area contributed by atoms with Crippen LogP contribution in [0.15, 0.2) is 41.2 Å². The predicted molar refractivity (Wildman–Crippen MR) is 88.7 cm³/mol. The van der Waals surface area contributed by atoms with Crippen molar-refractivity contribution in [2.75, 3.05) is 13.1 Å². The Hall–Kier alpha value is -2.74. The average molecular weight is 368 g/mol. The Kier molecular flexibility index (Phi) is 5.53. The van der Waals surface area contributed by atoms with Gasteiger partial charge < -0.3 is 10.0 Å². The summed E-state index contributed by atoms with van der Waals surface area (Å²) in [6, 6.07) is 7.65. The first-order chi connectivity index (χ1) is 11.5. The molecule has 0 saturated carbocycles. The van der Waals surface area contributed by atoms with E-state index < -0.39 is 29.2 Å². The Morgan fingerprint density at radius 2 is 1.84 bits per heavy atom. The van der Waals surface area contributed by atoms with E-state index in [2.05, 4.69) is 5.10 Å². The number of rotatable bonds is 3. The molecule has 0 bridgehead atoms. The smallest absolute Gasteiger partial charge is 0.308 e. The van der Waals surface area contributed by atoms with E-state index in [1.807, 2.05) is 0 Å². The first-order valence-corrected chi connectivity index (χ1v) is 7.34. The molecule has 1 atom stereocenters. The van der Waals surface area contributed by atoms with Crippen molar-refractivity contribution in [1.29, 1.82) is 0 Å². The van der Waals surface area contributed by atoms with Gasteiger partial charge in [0.15, 0.2) is 0 Å². The second-order valence-corrected chi connectivity index (χ2v) is 5.52. The number of likely N-dealkylation sites (tertiary alicyclic amines) is 1. The summed E-state index contributed by atoms with van der Waals surface area (Å²) in [5.41, 5.74) is -0.0890. The minimum absolute atomic E-state index is 0. The standard InChI is InChI=1S/C16H14FN3O4.ClH/c17-11-1-3-12(4-2-11)20-14(21)6-5-13(18-20)15(22)19-8-7-10(9-19)16(23)24;/h1-6,10H,7-9H2,(H,23,24);1H. The lowest BCUT2D eigenvalue weighted by atomic mass is 10.1. The van der Waals surface area contributed by atoms with Gasteiger partial charge in [-0.3, -0.25) is 14.4 Å². The molecule has 1 aromatic carbocycles. The van der Waals surface area contributed by atoms with Crippen molar-refractivity contribution in [2.24, 2.45) is 5.92 Å². The molecule has 2 heterocycles. The number of carboxylic acid groups (broad SMARTS) is 1. The molecule has 1 saturated heterocycles. The van der Waals surface area contributed by atoms with E-state index in [0.717, 1.165) is 4.68 Å². The fourth-order valence-corrected chi connectivity index (χ4v) is 2.60. The third kappa shape index (κ3) is 3.85. The Balaban J connectivity index is 0.00000225. The van der Waals surface area contributed by atoms with E-state index in [1.54, 1.807) is 0 Å². The SMILES string of the molecule is Cl.O=C(O)C1CCN(C(=O)c2ccc(=O)n(-c3ccc(F)cc3)n2)C1. The first kappa shape index (κ1) is 18.6. The van der Waals surface area contributed by atoms with Crippen LogP contribution in [-0.4, -0.2) is 44.8 Å². The number of nitrogens with zero attached hydrogens (tertiary/aromatic N) is 3. The van der Waals surface area contributed by atoms with Gasteiger partial charge in [-0.2, -0.15) is 9.78 Å². The summed E-state index contributed by atoms with van der Waals surface area (Å²) in [5.74, 6) is -2.41. The van der Waals surface area contributed by atoms with Gasteiger partial charge in [-0.1, -0.05) is 0 Å². The molecule has 9 heteroatoms.